The molecule has 0 aliphatic rings. The van der Waals surface area contributed by atoms with Crippen molar-refractivity contribution >= 4 is 0 Å². The Morgan fingerprint density at radius 2 is 2.00 bits per heavy atom. The molecule has 0 spiro atoms. The normalized spacial score (nSPS) is 14.8. The smallest absolute Gasteiger partial charge is 0.129 e. The van der Waals surface area contributed by atoms with E-state index in [-0.39, 0.29) is 12.7 Å². The first kappa shape index (κ1) is 16.2. The van der Waals surface area contributed by atoms with E-state index < -0.39 is 6.10 Å². The van der Waals surface area contributed by atoms with Crippen molar-refractivity contribution in [3.05, 3.63) is 24.2 Å². The lowest BCUT2D eigenvalue weighted by Gasteiger charge is -2.16. The molecule has 19 heavy (non-hydrogen) atoms. The number of aliphatic hydroxyl groups excluding tert-OH is 2. The minimum absolute atomic E-state index is 0.244. The van der Waals surface area contributed by atoms with Gasteiger partial charge in [0.25, 0.3) is 0 Å². The Bertz CT molecular complexity index is 313. The highest BCUT2D eigenvalue weighted by atomic mass is 16.5. The molecule has 1 heterocycles. The number of aliphatic hydroxyl groups is 2. The van der Waals surface area contributed by atoms with E-state index in [4.69, 9.17) is 9.15 Å². The summed E-state index contributed by atoms with van der Waals surface area (Å²) in [5, 5.41) is 22.3. The van der Waals surface area contributed by atoms with Gasteiger partial charge in [-0.25, -0.2) is 0 Å². The van der Waals surface area contributed by atoms with Crippen LogP contribution in [0.2, 0.25) is 0 Å². The van der Waals surface area contributed by atoms with E-state index in [1.165, 1.54) is 0 Å². The minimum atomic E-state index is -0.582. The Morgan fingerprint density at radius 3 is 2.63 bits per heavy atom. The third kappa shape index (κ3) is 8.00. The number of furan rings is 1. The molecule has 2 unspecified atom stereocenters. The van der Waals surface area contributed by atoms with Crippen LogP contribution in [0.15, 0.2) is 22.8 Å². The highest BCUT2D eigenvalue weighted by Crippen LogP contribution is 2.03. The van der Waals surface area contributed by atoms with Gasteiger partial charge in [0.2, 0.25) is 0 Å². The number of rotatable bonds is 10. The summed E-state index contributed by atoms with van der Waals surface area (Å²) in [6.07, 6.45) is 1.41. The van der Waals surface area contributed by atoms with E-state index in [1.54, 1.807) is 12.3 Å². The topological polar surface area (TPSA) is 74.9 Å². The maximum atomic E-state index is 9.67. The average Bonchev–Trinajstić information content (AvgIpc) is 2.81. The van der Waals surface area contributed by atoms with Gasteiger partial charge in [-0.3, -0.25) is 0 Å². The molecule has 2 atom stereocenters. The number of hydrogen-bond acceptors (Lipinski definition) is 5. The van der Waals surface area contributed by atoms with Crippen molar-refractivity contribution < 1.29 is 19.4 Å². The molecule has 0 bridgehead atoms. The van der Waals surface area contributed by atoms with Gasteiger partial charge in [-0.05, 0) is 24.5 Å². The van der Waals surface area contributed by atoms with Crippen LogP contribution >= 0.6 is 0 Å². The molecule has 0 fully saturated rings. The van der Waals surface area contributed by atoms with Crippen LogP contribution in [0.4, 0.5) is 0 Å². The highest BCUT2D eigenvalue weighted by Gasteiger charge is 2.09. The van der Waals surface area contributed by atoms with Gasteiger partial charge in [-0.1, -0.05) is 13.8 Å². The van der Waals surface area contributed by atoms with E-state index in [1.807, 2.05) is 6.07 Å². The Hall–Kier alpha value is -0.880. The van der Waals surface area contributed by atoms with Crippen molar-refractivity contribution in [1.29, 1.82) is 0 Å². The van der Waals surface area contributed by atoms with Crippen molar-refractivity contribution in [2.75, 3.05) is 19.7 Å². The van der Waals surface area contributed by atoms with Crippen LogP contribution in [-0.2, 0) is 11.3 Å². The van der Waals surface area contributed by atoms with Gasteiger partial charge in [0.05, 0.1) is 25.1 Å². The highest BCUT2D eigenvalue weighted by molar-refractivity contribution is 4.96. The van der Waals surface area contributed by atoms with Crippen LogP contribution in [0.5, 0.6) is 0 Å². The number of nitrogens with one attached hydrogen (secondary N) is 1. The molecule has 0 saturated carbocycles. The van der Waals surface area contributed by atoms with Gasteiger partial charge in [-0.15, -0.1) is 0 Å². The second-order valence-electron chi connectivity index (χ2n) is 5.19. The monoisotopic (exact) mass is 271 g/mol. The van der Waals surface area contributed by atoms with Crippen LogP contribution < -0.4 is 5.32 Å². The SMILES string of the molecule is CC(C)CC(O)CNCC(O)COCc1ccco1. The average molecular weight is 271 g/mol. The lowest BCUT2D eigenvalue weighted by Crippen LogP contribution is -2.35. The van der Waals surface area contributed by atoms with E-state index >= 15 is 0 Å². The van der Waals surface area contributed by atoms with E-state index in [2.05, 4.69) is 19.2 Å². The Balaban J connectivity index is 2.00. The number of ether oxygens (including phenoxy) is 1. The molecule has 1 aromatic rings. The predicted molar refractivity (Wildman–Crippen MR) is 72.7 cm³/mol. The molecule has 0 amide bonds. The van der Waals surface area contributed by atoms with Crippen LogP contribution in [-0.4, -0.2) is 42.1 Å². The maximum absolute atomic E-state index is 9.67. The van der Waals surface area contributed by atoms with Crippen LogP contribution in [0.1, 0.15) is 26.0 Å². The zero-order chi connectivity index (χ0) is 14.1. The third-order valence-corrected chi connectivity index (χ3v) is 2.64. The largest absolute Gasteiger partial charge is 0.467 e. The van der Waals surface area contributed by atoms with Crippen LogP contribution in [0.3, 0.4) is 0 Å². The molecule has 5 nitrogen and oxygen atoms in total. The fourth-order valence-corrected chi connectivity index (χ4v) is 1.79. The predicted octanol–water partition coefficient (Wildman–Crippen LogP) is 1.15. The van der Waals surface area contributed by atoms with Crippen molar-refractivity contribution in [1.82, 2.24) is 5.32 Å². The van der Waals surface area contributed by atoms with E-state index in [9.17, 15) is 10.2 Å². The molecule has 1 aromatic heterocycles. The molecule has 0 aliphatic heterocycles. The Morgan fingerprint density at radius 1 is 1.26 bits per heavy atom. The van der Waals surface area contributed by atoms with Crippen LogP contribution in [0.25, 0.3) is 0 Å². The molecular weight excluding hydrogens is 246 g/mol. The van der Waals surface area contributed by atoms with Crippen molar-refractivity contribution in [3.8, 4) is 0 Å². The first-order valence-corrected chi connectivity index (χ1v) is 6.75. The summed E-state index contributed by atoms with van der Waals surface area (Å²) in [5.41, 5.74) is 0. The second kappa shape index (κ2) is 9.09. The van der Waals surface area contributed by atoms with Gasteiger partial charge in [0, 0.05) is 13.1 Å². The number of hydrogen-bond donors (Lipinski definition) is 3. The van der Waals surface area contributed by atoms with Crippen LogP contribution in [0, 0.1) is 5.92 Å². The van der Waals surface area contributed by atoms with Gasteiger partial charge >= 0.3 is 0 Å². The quantitative estimate of drug-likeness (QED) is 0.595. The van der Waals surface area contributed by atoms with E-state index in [0.717, 1.165) is 12.2 Å². The molecule has 1 rings (SSSR count). The van der Waals surface area contributed by atoms with Crippen molar-refractivity contribution in [2.24, 2.45) is 5.92 Å². The fraction of sp³-hybridized carbons (Fsp3) is 0.714. The van der Waals surface area contributed by atoms with Crippen molar-refractivity contribution in [3.63, 3.8) is 0 Å². The first-order chi connectivity index (χ1) is 9.08. The minimum Gasteiger partial charge on any atom is -0.467 e. The summed E-state index contributed by atoms with van der Waals surface area (Å²) in [6, 6.07) is 3.62. The molecule has 0 aliphatic carbocycles. The zero-order valence-electron chi connectivity index (χ0n) is 11.7. The Kier molecular flexibility index (Phi) is 7.74. The van der Waals surface area contributed by atoms with Gasteiger partial charge in [-0.2, -0.15) is 0 Å². The molecule has 3 N–H and O–H groups in total. The molecule has 0 radical (unpaired) electrons. The summed E-state index contributed by atoms with van der Waals surface area (Å²) in [7, 11) is 0. The lowest BCUT2D eigenvalue weighted by atomic mass is 10.1. The molecule has 0 saturated heterocycles. The maximum Gasteiger partial charge on any atom is 0.129 e. The summed E-state index contributed by atoms with van der Waals surface area (Å²) >= 11 is 0. The Labute approximate surface area is 114 Å². The third-order valence-electron chi connectivity index (χ3n) is 2.64. The summed E-state index contributed by atoms with van der Waals surface area (Å²) < 4.78 is 10.4. The zero-order valence-corrected chi connectivity index (χ0v) is 11.7. The van der Waals surface area contributed by atoms with E-state index in [0.29, 0.717) is 25.6 Å². The second-order valence-corrected chi connectivity index (χ2v) is 5.19. The van der Waals surface area contributed by atoms with Gasteiger partial charge in [0.15, 0.2) is 0 Å². The molecule has 5 heteroatoms. The standard InChI is InChI=1S/C14H25NO4/c1-11(2)6-12(16)7-15-8-13(17)9-18-10-14-4-3-5-19-14/h3-5,11-13,15-17H,6-10H2,1-2H3. The lowest BCUT2D eigenvalue weighted by molar-refractivity contribution is 0.0211. The fourth-order valence-electron chi connectivity index (χ4n) is 1.79. The molecular formula is C14H25NO4. The summed E-state index contributed by atoms with van der Waals surface area (Å²) in [5.74, 6) is 1.21. The summed E-state index contributed by atoms with van der Waals surface area (Å²) in [4.78, 5) is 0. The van der Waals surface area contributed by atoms with Gasteiger partial charge in [0.1, 0.15) is 12.4 Å². The first-order valence-electron chi connectivity index (χ1n) is 6.75. The molecule has 110 valence electrons. The summed E-state index contributed by atoms with van der Waals surface area (Å²) in [6.45, 7) is 5.65. The molecule has 0 aromatic carbocycles. The van der Waals surface area contributed by atoms with Gasteiger partial charge < -0.3 is 24.7 Å². The van der Waals surface area contributed by atoms with Crippen molar-refractivity contribution in [2.45, 2.75) is 39.1 Å².